The zero-order valence-corrected chi connectivity index (χ0v) is 9.53. The molecule has 0 spiro atoms. The van der Waals surface area contributed by atoms with Crippen LogP contribution in [0.4, 0.5) is 0 Å². The Morgan fingerprint density at radius 3 is 2.20 bits per heavy atom. The van der Waals surface area contributed by atoms with E-state index in [1.165, 1.54) is 25.7 Å². The van der Waals surface area contributed by atoms with Crippen molar-refractivity contribution >= 4 is 0 Å². The summed E-state index contributed by atoms with van der Waals surface area (Å²) in [7, 11) is 0. The van der Waals surface area contributed by atoms with Gasteiger partial charge in [0.15, 0.2) is 0 Å². The lowest BCUT2D eigenvalue weighted by atomic mass is 10.0. The summed E-state index contributed by atoms with van der Waals surface area (Å²) in [6.45, 7) is 2.96. The second-order valence-corrected chi connectivity index (χ2v) is 4.74. The van der Waals surface area contributed by atoms with Crippen LogP contribution in [-0.2, 0) is 4.74 Å². The topological polar surface area (TPSA) is 32.7 Å². The van der Waals surface area contributed by atoms with Crippen molar-refractivity contribution in [3.63, 3.8) is 0 Å². The zero-order valence-electron chi connectivity index (χ0n) is 9.53. The van der Waals surface area contributed by atoms with Gasteiger partial charge in [-0.05, 0) is 25.7 Å². The average molecular weight is 213 g/mol. The minimum absolute atomic E-state index is 0.299. The van der Waals surface area contributed by atoms with Gasteiger partial charge in [0.2, 0.25) is 0 Å². The molecule has 0 aromatic carbocycles. The highest BCUT2D eigenvalue weighted by atomic mass is 16.5. The van der Waals surface area contributed by atoms with Gasteiger partial charge in [-0.1, -0.05) is 12.8 Å². The molecule has 0 unspecified atom stereocenters. The first-order valence-corrected chi connectivity index (χ1v) is 6.36. The molecule has 1 aliphatic heterocycles. The summed E-state index contributed by atoms with van der Waals surface area (Å²) in [5.74, 6) is 0. The SMILES string of the molecule is OCCN(C1CCCC1)C1CCOCC1. The second-order valence-electron chi connectivity index (χ2n) is 4.74. The standard InChI is InChI=1S/C12H23NO2/c14-8-7-13(11-3-1-2-4-11)12-5-9-15-10-6-12/h11-12,14H,1-10H2. The molecule has 15 heavy (non-hydrogen) atoms. The van der Waals surface area contributed by atoms with Crippen LogP contribution in [-0.4, -0.2) is 48.5 Å². The van der Waals surface area contributed by atoms with Gasteiger partial charge in [0.1, 0.15) is 0 Å². The van der Waals surface area contributed by atoms with Crippen LogP contribution in [0.15, 0.2) is 0 Å². The van der Waals surface area contributed by atoms with Crippen molar-refractivity contribution in [3.05, 3.63) is 0 Å². The van der Waals surface area contributed by atoms with E-state index in [-0.39, 0.29) is 0 Å². The van der Waals surface area contributed by atoms with Crippen molar-refractivity contribution in [1.29, 1.82) is 0 Å². The molecule has 1 N–H and O–H groups in total. The molecule has 2 aliphatic rings. The van der Waals surface area contributed by atoms with Crippen molar-refractivity contribution in [2.45, 2.75) is 50.6 Å². The lowest BCUT2D eigenvalue weighted by Gasteiger charge is -2.38. The van der Waals surface area contributed by atoms with Gasteiger partial charge in [0.25, 0.3) is 0 Å². The van der Waals surface area contributed by atoms with Gasteiger partial charge >= 0.3 is 0 Å². The molecule has 0 amide bonds. The normalized spacial score (nSPS) is 25.2. The molecule has 0 aromatic heterocycles. The van der Waals surface area contributed by atoms with Crippen LogP contribution < -0.4 is 0 Å². The molecule has 3 heteroatoms. The van der Waals surface area contributed by atoms with Gasteiger partial charge < -0.3 is 9.84 Å². The number of aliphatic hydroxyl groups excluding tert-OH is 1. The van der Waals surface area contributed by atoms with Crippen LogP contribution in [0.1, 0.15) is 38.5 Å². The van der Waals surface area contributed by atoms with Gasteiger partial charge in [-0.15, -0.1) is 0 Å². The van der Waals surface area contributed by atoms with E-state index < -0.39 is 0 Å². The number of aliphatic hydroxyl groups is 1. The first-order chi connectivity index (χ1) is 7.42. The Morgan fingerprint density at radius 2 is 1.60 bits per heavy atom. The molecule has 1 saturated carbocycles. The quantitative estimate of drug-likeness (QED) is 0.766. The highest BCUT2D eigenvalue weighted by molar-refractivity contribution is 4.84. The predicted octanol–water partition coefficient (Wildman–Crippen LogP) is 1.40. The van der Waals surface area contributed by atoms with Crippen LogP contribution in [0.25, 0.3) is 0 Å². The molecule has 88 valence electrons. The van der Waals surface area contributed by atoms with E-state index in [9.17, 15) is 0 Å². The largest absolute Gasteiger partial charge is 0.395 e. The highest BCUT2D eigenvalue weighted by Gasteiger charge is 2.29. The molecule has 0 atom stereocenters. The maximum atomic E-state index is 9.15. The summed E-state index contributed by atoms with van der Waals surface area (Å²) in [6.07, 6.45) is 7.70. The van der Waals surface area contributed by atoms with Crippen LogP contribution in [0.2, 0.25) is 0 Å². The summed E-state index contributed by atoms with van der Waals surface area (Å²) >= 11 is 0. The molecule has 2 fully saturated rings. The summed E-state index contributed by atoms with van der Waals surface area (Å²) in [6, 6.07) is 1.40. The Morgan fingerprint density at radius 1 is 1.00 bits per heavy atom. The summed E-state index contributed by atoms with van der Waals surface area (Å²) < 4.78 is 5.40. The van der Waals surface area contributed by atoms with Crippen LogP contribution >= 0.6 is 0 Å². The molecule has 2 rings (SSSR count). The first-order valence-electron chi connectivity index (χ1n) is 6.36. The summed E-state index contributed by atoms with van der Waals surface area (Å²) in [4.78, 5) is 2.55. The second kappa shape index (κ2) is 5.83. The molecule has 0 bridgehead atoms. The molecular formula is C12H23NO2. The van der Waals surface area contributed by atoms with Crippen LogP contribution in [0.5, 0.6) is 0 Å². The van der Waals surface area contributed by atoms with Gasteiger partial charge in [0, 0.05) is 31.8 Å². The molecule has 0 aromatic rings. The van der Waals surface area contributed by atoms with E-state index in [1.54, 1.807) is 0 Å². The number of hydrogen-bond acceptors (Lipinski definition) is 3. The summed E-state index contributed by atoms with van der Waals surface area (Å²) in [5, 5.41) is 9.15. The molecule has 3 nitrogen and oxygen atoms in total. The lowest BCUT2D eigenvalue weighted by molar-refractivity contribution is 0.0107. The summed E-state index contributed by atoms with van der Waals surface area (Å²) in [5.41, 5.74) is 0. The Labute approximate surface area is 92.4 Å². The zero-order chi connectivity index (χ0) is 10.5. The van der Waals surface area contributed by atoms with Crippen molar-refractivity contribution in [1.82, 2.24) is 4.90 Å². The Balaban J connectivity index is 1.90. The number of rotatable bonds is 4. The van der Waals surface area contributed by atoms with Crippen LogP contribution in [0, 0.1) is 0 Å². The smallest absolute Gasteiger partial charge is 0.0558 e. The third kappa shape index (κ3) is 2.92. The third-order valence-electron chi connectivity index (χ3n) is 3.81. The maximum absolute atomic E-state index is 9.15. The Bertz CT molecular complexity index is 174. The first kappa shape index (κ1) is 11.4. The third-order valence-corrected chi connectivity index (χ3v) is 3.81. The van der Waals surface area contributed by atoms with Crippen molar-refractivity contribution in [3.8, 4) is 0 Å². The van der Waals surface area contributed by atoms with Gasteiger partial charge in [-0.25, -0.2) is 0 Å². The van der Waals surface area contributed by atoms with Crippen molar-refractivity contribution < 1.29 is 9.84 Å². The van der Waals surface area contributed by atoms with E-state index in [0.29, 0.717) is 12.6 Å². The average Bonchev–Trinajstić information content (AvgIpc) is 2.80. The van der Waals surface area contributed by atoms with Gasteiger partial charge in [0.05, 0.1) is 6.61 Å². The van der Waals surface area contributed by atoms with E-state index >= 15 is 0 Å². The van der Waals surface area contributed by atoms with E-state index in [4.69, 9.17) is 9.84 Å². The van der Waals surface area contributed by atoms with E-state index in [2.05, 4.69) is 4.90 Å². The van der Waals surface area contributed by atoms with Crippen molar-refractivity contribution in [2.24, 2.45) is 0 Å². The highest BCUT2D eigenvalue weighted by Crippen LogP contribution is 2.27. The maximum Gasteiger partial charge on any atom is 0.0558 e. The van der Waals surface area contributed by atoms with Crippen molar-refractivity contribution in [2.75, 3.05) is 26.4 Å². The van der Waals surface area contributed by atoms with Gasteiger partial charge in [-0.2, -0.15) is 0 Å². The van der Waals surface area contributed by atoms with E-state index in [0.717, 1.165) is 38.6 Å². The minimum Gasteiger partial charge on any atom is -0.395 e. The van der Waals surface area contributed by atoms with Crippen LogP contribution in [0.3, 0.4) is 0 Å². The fourth-order valence-electron chi connectivity index (χ4n) is 3.03. The molecule has 1 saturated heterocycles. The number of ether oxygens (including phenoxy) is 1. The monoisotopic (exact) mass is 213 g/mol. The molecule has 1 aliphatic carbocycles. The predicted molar refractivity (Wildman–Crippen MR) is 59.9 cm³/mol. The minimum atomic E-state index is 0.299. The lowest BCUT2D eigenvalue weighted by Crippen LogP contribution is -2.46. The number of hydrogen-bond donors (Lipinski definition) is 1. The number of nitrogens with zero attached hydrogens (tertiary/aromatic N) is 1. The fraction of sp³-hybridized carbons (Fsp3) is 1.00. The molecule has 1 heterocycles. The van der Waals surface area contributed by atoms with E-state index in [1.807, 2.05) is 0 Å². The molecular weight excluding hydrogens is 190 g/mol. The fourth-order valence-corrected chi connectivity index (χ4v) is 3.03. The molecule has 0 radical (unpaired) electrons. The Hall–Kier alpha value is -0.120. The Kier molecular flexibility index (Phi) is 4.42. The van der Waals surface area contributed by atoms with Gasteiger partial charge in [-0.3, -0.25) is 4.90 Å².